The van der Waals surface area contributed by atoms with Crippen molar-refractivity contribution >= 4 is 27.2 Å². The molecule has 0 radical (unpaired) electrons. The molecule has 1 atom stereocenters. The van der Waals surface area contributed by atoms with Gasteiger partial charge in [-0.2, -0.15) is 13.2 Å². The largest absolute Gasteiger partial charge is 0.417 e. The Kier molecular flexibility index (Phi) is 7.31. The number of halogens is 3. The van der Waals surface area contributed by atoms with Crippen LogP contribution in [0.5, 0.6) is 0 Å². The molecule has 3 aromatic rings. The Bertz CT molecular complexity index is 973. The molecule has 0 saturated carbocycles. The van der Waals surface area contributed by atoms with Gasteiger partial charge in [0, 0.05) is 41.9 Å². The molecule has 0 aliphatic rings. The van der Waals surface area contributed by atoms with Gasteiger partial charge in [-0.05, 0) is 43.4 Å². The van der Waals surface area contributed by atoms with Gasteiger partial charge in [-0.25, -0.2) is 4.98 Å². The molecule has 3 heterocycles. The van der Waals surface area contributed by atoms with E-state index >= 15 is 0 Å². The third-order valence-corrected chi connectivity index (χ3v) is 6.43. The second-order valence-corrected chi connectivity index (χ2v) is 8.36. The van der Waals surface area contributed by atoms with Crippen molar-refractivity contribution in [2.45, 2.75) is 51.1 Å². The maximum atomic E-state index is 13.9. The normalized spacial score (nSPS) is 13.1. The van der Waals surface area contributed by atoms with Crippen LogP contribution in [0.1, 0.15) is 55.4 Å². The molecule has 0 saturated heterocycles. The second-order valence-electron chi connectivity index (χ2n) is 7.33. The van der Waals surface area contributed by atoms with Crippen molar-refractivity contribution in [1.82, 2.24) is 9.97 Å². The maximum absolute atomic E-state index is 13.9. The number of nitrogens with two attached hydrogens (primary N) is 1. The molecule has 3 rings (SSSR count). The summed E-state index contributed by atoms with van der Waals surface area (Å²) in [5, 5.41) is 0.0170. The fraction of sp³-hybridized carbons (Fsp3) is 0.455. The summed E-state index contributed by atoms with van der Waals surface area (Å²) in [5.74, 6) is 0.0993. The minimum Gasteiger partial charge on any atom is -0.397 e. The van der Waals surface area contributed by atoms with Crippen LogP contribution in [0.3, 0.4) is 0 Å². The van der Waals surface area contributed by atoms with Crippen LogP contribution in [0.2, 0.25) is 0 Å². The minimum absolute atomic E-state index is 0.0170. The Labute approximate surface area is 178 Å². The number of fused-ring (bicyclic) bond motifs is 1. The zero-order chi connectivity index (χ0) is 21.7. The molecule has 0 amide bonds. The van der Waals surface area contributed by atoms with Crippen LogP contribution in [0.15, 0.2) is 30.6 Å². The number of hydrogen-bond acceptors (Lipinski definition) is 5. The highest BCUT2D eigenvalue weighted by Gasteiger charge is 2.36. The topological polar surface area (TPSA) is 61.0 Å². The van der Waals surface area contributed by atoms with Crippen LogP contribution in [0.4, 0.5) is 18.9 Å². The van der Waals surface area contributed by atoms with E-state index in [0.29, 0.717) is 17.0 Å². The number of ether oxygens (including phenoxy) is 1. The van der Waals surface area contributed by atoms with Gasteiger partial charge in [-0.1, -0.05) is 19.8 Å². The first-order chi connectivity index (χ1) is 14.4. The van der Waals surface area contributed by atoms with Crippen molar-refractivity contribution in [1.29, 1.82) is 0 Å². The highest BCUT2D eigenvalue weighted by atomic mass is 32.1. The van der Waals surface area contributed by atoms with Crippen LogP contribution in [0, 0.1) is 0 Å². The van der Waals surface area contributed by atoms with E-state index in [1.54, 1.807) is 25.4 Å². The fourth-order valence-electron chi connectivity index (χ4n) is 3.66. The number of pyridine rings is 2. The van der Waals surface area contributed by atoms with Crippen molar-refractivity contribution in [3.8, 4) is 11.3 Å². The summed E-state index contributed by atoms with van der Waals surface area (Å²) in [6, 6.07) is 4.46. The minimum atomic E-state index is -4.53. The number of nitrogens with zero attached hydrogens (tertiary/aromatic N) is 2. The highest BCUT2D eigenvalue weighted by Crippen LogP contribution is 2.47. The molecule has 8 heteroatoms. The first-order valence-electron chi connectivity index (χ1n) is 10.1. The van der Waals surface area contributed by atoms with E-state index in [2.05, 4.69) is 16.9 Å². The van der Waals surface area contributed by atoms with E-state index in [1.807, 2.05) is 0 Å². The molecular weight excluding hydrogens is 411 g/mol. The molecule has 4 nitrogen and oxygen atoms in total. The summed E-state index contributed by atoms with van der Waals surface area (Å²) in [6.45, 7) is 2.72. The average Bonchev–Trinajstić information content (AvgIpc) is 3.06. The number of alkyl halides is 3. The number of thiophene rings is 1. The summed E-state index contributed by atoms with van der Waals surface area (Å²) in [5.41, 5.74) is 6.60. The Morgan fingerprint density at radius 3 is 2.63 bits per heavy atom. The van der Waals surface area contributed by atoms with E-state index in [1.165, 1.54) is 17.5 Å². The third kappa shape index (κ3) is 4.92. The van der Waals surface area contributed by atoms with Crippen LogP contribution >= 0.6 is 11.3 Å². The van der Waals surface area contributed by atoms with Gasteiger partial charge >= 0.3 is 6.18 Å². The van der Waals surface area contributed by atoms with Crippen molar-refractivity contribution in [3.05, 3.63) is 41.0 Å². The lowest BCUT2D eigenvalue weighted by molar-refractivity contribution is -0.136. The molecule has 3 aromatic heterocycles. The smallest absolute Gasteiger partial charge is 0.397 e. The molecule has 0 bridgehead atoms. The molecule has 1 unspecified atom stereocenters. The molecular formula is C22H26F3N3OS. The first kappa shape index (κ1) is 22.5. The van der Waals surface area contributed by atoms with Crippen LogP contribution in [0.25, 0.3) is 21.5 Å². The number of anilines is 1. The van der Waals surface area contributed by atoms with E-state index in [9.17, 15) is 13.2 Å². The number of rotatable bonds is 9. The lowest BCUT2D eigenvalue weighted by Crippen LogP contribution is -2.08. The van der Waals surface area contributed by atoms with Crippen LogP contribution in [-0.2, 0) is 10.9 Å². The van der Waals surface area contributed by atoms with E-state index in [0.717, 1.165) is 43.0 Å². The molecule has 30 heavy (non-hydrogen) atoms. The lowest BCUT2D eigenvalue weighted by Gasteiger charge is -2.16. The predicted molar refractivity (Wildman–Crippen MR) is 116 cm³/mol. The van der Waals surface area contributed by atoms with Gasteiger partial charge in [0.15, 0.2) is 0 Å². The summed E-state index contributed by atoms with van der Waals surface area (Å²) in [4.78, 5) is 9.66. The Morgan fingerprint density at radius 1 is 1.23 bits per heavy atom. The second kappa shape index (κ2) is 9.75. The summed E-state index contributed by atoms with van der Waals surface area (Å²) < 4.78 is 47.0. The Morgan fingerprint density at radius 2 is 2.00 bits per heavy atom. The number of methoxy groups -OCH3 is 1. The molecule has 0 aliphatic heterocycles. The van der Waals surface area contributed by atoms with Crippen molar-refractivity contribution < 1.29 is 17.9 Å². The van der Waals surface area contributed by atoms with Crippen LogP contribution in [-0.4, -0.2) is 23.7 Å². The van der Waals surface area contributed by atoms with Crippen molar-refractivity contribution in [2.75, 3.05) is 19.5 Å². The van der Waals surface area contributed by atoms with E-state index < -0.39 is 11.7 Å². The zero-order valence-corrected chi connectivity index (χ0v) is 17.9. The molecule has 2 N–H and O–H groups in total. The summed E-state index contributed by atoms with van der Waals surface area (Å²) in [6.07, 6.45) is 3.11. The third-order valence-electron chi connectivity index (χ3n) is 5.17. The quantitative estimate of drug-likeness (QED) is 0.380. The molecule has 0 aromatic carbocycles. The molecule has 0 fully saturated rings. The monoisotopic (exact) mass is 437 g/mol. The zero-order valence-electron chi connectivity index (χ0n) is 17.1. The van der Waals surface area contributed by atoms with Gasteiger partial charge in [0.2, 0.25) is 0 Å². The Hall–Kier alpha value is -2.19. The predicted octanol–water partition coefficient (Wildman–Crippen LogP) is 6.66. The average molecular weight is 438 g/mol. The molecule has 162 valence electrons. The van der Waals surface area contributed by atoms with Gasteiger partial charge in [-0.15, -0.1) is 11.3 Å². The lowest BCUT2D eigenvalue weighted by atomic mass is 9.93. The van der Waals surface area contributed by atoms with Crippen LogP contribution < -0.4 is 5.73 Å². The number of nitrogen functional groups attached to an aromatic ring is 1. The van der Waals surface area contributed by atoms with Gasteiger partial charge in [0.25, 0.3) is 0 Å². The summed E-state index contributed by atoms with van der Waals surface area (Å²) >= 11 is 1.28. The van der Waals surface area contributed by atoms with E-state index in [4.69, 9.17) is 10.5 Å². The Balaban J connectivity index is 2.14. The van der Waals surface area contributed by atoms with E-state index in [-0.39, 0.29) is 22.7 Å². The van der Waals surface area contributed by atoms with Gasteiger partial charge in [0.05, 0.1) is 16.9 Å². The highest BCUT2D eigenvalue weighted by molar-refractivity contribution is 7.19. The van der Waals surface area contributed by atoms with Crippen molar-refractivity contribution in [3.63, 3.8) is 0 Å². The summed E-state index contributed by atoms with van der Waals surface area (Å²) in [7, 11) is 1.65. The maximum Gasteiger partial charge on any atom is 0.417 e. The van der Waals surface area contributed by atoms with Gasteiger partial charge in [-0.3, -0.25) is 4.98 Å². The first-order valence-corrected chi connectivity index (χ1v) is 10.9. The number of aromatic nitrogens is 2. The SMILES string of the molecule is CCCCC(CCCOC)c1sc2nc(-c3cccnc3)cc(C(F)(F)F)c2c1N. The fourth-order valence-corrected chi connectivity index (χ4v) is 4.95. The number of unbranched alkanes of at least 4 members (excludes halogenated alkanes) is 1. The number of hydrogen-bond donors (Lipinski definition) is 1. The molecule has 0 spiro atoms. The standard InChI is InChI=1S/C22H26F3N3OS/c1-3-4-7-14(9-6-11-29-2)20-19(26)18-16(22(23,24)25)12-17(28-21(18)30-20)15-8-5-10-27-13-15/h5,8,10,12-14H,3-4,6-7,9,11,26H2,1-2H3. The van der Waals surface area contributed by atoms with Crippen molar-refractivity contribution in [2.24, 2.45) is 0 Å². The molecule has 0 aliphatic carbocycles. The van der Waals surface area contributed by atoms with Gasteiger partial charge in [0.1, 0.15) is 4.83 Å². The van der Waals surface area contributed by atoms with Gasteiger partial charge < -0.3 is 10.5 Å².